The molecule has 404 valence electrons. The smallest absolute Gasteiger partial charge is 0.306 e. The van der Waals surface area contributed by atoms with Crippen LogP contribution in [0.4, 0.5) is 0 Å². The van der Waals surface area contributed by atoms with Crippen LogP contribution >= 0.6 is 0 Å². The number of rotatable bonds is 54. The summed E-state index contributed by atoms with van der Waals surface area (Å²) in [7, 11) is 0. The average Bonchev–Trinajstić information content (AvgIpc) is 3.36. The van der Waals surface area contributed by atoms with Gasteiger partial charge in [0.15, 0.2) is 6.10 Å². The van der Waals surface area contributed by atoms with Gasteiger partial charge in [0, 0.05) is 19.3 Å². The highest BCUT2D eigenvalue weighted by atomic mass is 16.6. The molecule has 6 nitrogen and oxygen atoms in total. The average molecular weight is 978 g/mol. The van der Waals surface area contributed by atoms with Crippen LogP contribution in [0.2, 0.25) is 0 Å². The fraction of sp³-hybridized carbons (Fsp3) is 0.766. The summed E-state index contributed by atoms with van der Waals surface area (Å²) in [5.74, 6) is -0.880. The lowest BCUT2D eigenvalue weighted by atomic mass is 10.0. The van der Waals surface area contributed by atoms with Gasteiger partial charge in [-0.05, 0) is 70.6 Å². The summed E-state index contributed by atoms with van der Waals surface area (Å²) < 4.78 is 16.7. The van der Waals surface area contributed by atoms with Crippen LogP contribution in [0.15, 0.2) is 72.9 Å². The van der Waals surface area contributed by atoms with Gasteiger partial charge in [-0.15, -0.1) is 0 Å². The van der Waals surface area contributed by atoms with Gasteiger partial charge in [0.05, 0.1) is 0 Å². The normalized spacial score (nSPS) is 12.6. The van der Waals surface area contributed by atoms with E-state index >= 15 is 0 Å². The van der Waals surface area contributed by atoms with E-state index in [9.17, 15) is 14.4 Å². The largest absolute Gasteiger partial charge is 0.462 e. The third-order valence-electron chi connectivity index (χ3n) is 13.0. The molecule has 70 heavy (non-hydrogen) atoms. The van der Waals surface area contributed by atoms with Crippen LogP contribution in [0.25, 0.3) is 0 Å². The number of esters is 3. The first-order valence-electron chi connectivity index (χ1n) is 29.9. The van der Waals surface area contributed by atoms with E-state index in [0.29, 0.717) is 19.3 Å². The second-order valence-corrected chi connectivity index (χ2v) is 19.9. The van der Waals surface area contributed by atoms with E-state index in [-0.39, 0.29) is 31.1 Å². The van der Waals surface area contributed by atoms with Crippen molar-refractivity contribution in [2.45, 2.75) is 303 Å². The zero-order valence-electron chi connectivity index (χ0n) is 46.3. The molecule has 0 fully saturated rings. The summed E-state index contributed by atoms with van der Waals surface area (Å²) in [6.07, 6.45) is 75.2. The van der Waals surface area contributed by atoms with E-state index in [1.165, 1.54) is 154 Å². The topological polar surface area (TPSA) is 78.9 Å². The molecule has 0 heterocycles. The van der Waals surface area contributed by atoms with Gasteiger partial charge in [0.25, 0.3) is 0 Å². The van der Waals surface area contributed by atoms with E-state index in [1.54, 1.807) is 0 Å². The van der Waals surface area contributed by atoms with E-state index < -0.39 is 6.10 Å². The molecule has 0 spiro atoms. The summed E-state index contributed by atoms with van der Waals surface area (Å²) in [4.78, 5) is 37.8. The summed E-state index contributed by atoms with van der Waals surface area (Å²) >= 11 is 0. The lowest BCUT2D eigenvalue weighted by Crippen LogP contribution is -2.30. The van der Waals surface area contributed by atoms with Crippen molar-refractivity contribution in [3.05, 3.63) is 72.9 Å². The van der Waals surface area contributed by atoms with Crippen LogP contribution in [0, 0.1) is 0 Å². The number of hydrogen-bond donors (Lipinski definition) is 0. The Balaban J connectivity index is 4.05. The minimum atomic E-state index is -0.771. The van der Waals surface area contributed by atoms with Crippen LogP contribution in [-0.2, 0) is 28.6 Å². The molecule has 1 unspecified atom stereocenters. The molecule has 0 aliphatic rings. The Hall–Kier alpha value is -3.15. The van der Waals surface area contributed by atoms with Gasteiger partial charge in [0.2, 0.25) is 0 Å². The lowest BCUT2D eigenvalue weighted by Gasteiger charge is -2.18. The molecule has 0 aliphatic heterocycles. The molecule has 0 aliphatic carbocycles. The van der Waals surface area contributed by atoms with Crippen molar-refractivity contribution < 1.29 is 28.6 Å². The molecule has 0 aromatic rings. The Kier molecular flexibility index (Phi) is 55.8. The Bertz CT molecular complexity index is 1310. The Morgan fingerprint density at radius 3 is 0.871 bits per heavy atom. The van der Waals surface area contributed by atoms with Gasteiger partial charge < -0.3 is 14.2 Å². The van der Waals surface area contributed by atoms with Crippen molar-refractivity contribution in [3.63, 3.8) is 0 Å². The molecule has 0 saturated carbocycles. The van der Waals surface area contributed by atoms with Crippen LogP contribution in [0.1, 0.15) is 297 Å². The summed E-state index contributed by atoms with van der Waals surface area (Å²) in [5.41, 5.74) is 0. The molecule has 0 bridgehead atoms. The number of ether oxygens (including phenoxy) is 3. The second kappa shape index (κ2) is 58.4. The highest BCUT2D eigenvalue weighted by Gasteiger charge is 2.19. The zero-order chi connectivity index (χ0) is 50.7. The molecular weight excluding hydrogens is 865 g/mol. The minimum Gasteiger partial charge on any atom is -0.462 e. The number of unbranched alkanes of at least 4 members (excludes halogenated alkanes) is 31. The molecule has 0 amide bonds. The quantitative estimate of drug-likeness (QED) is 0.0261. The molecule has 0 aromatic heterocycles. The first-order chi connectivity index (χ1) is 34.5. The molecule has 1 atom stereocenters. The number of hydrogen-bond acceptors (Lipinski definition) is 6. The fourth-order valence-corrected chi connectivity index (χ4v) is 8.51. The van der Waals surface area contributed by atoms with Crippen LogP contribution in [-0.4, -0.2) is 37.2 Å². The molecular formula is C64H112O6. The standard InChI is InChI=1S/C64H112O6/c1-4-7-10-13-15-17-19-21-23-25-27-28-29-30-31-32-33-34-35-36-37-39-40-42-44-46-48-51-54-57-63(66)69-60-61(59-68-62(65)56-53-50-12-9-6-3)70-64(67)58-55-52-49-47-45-43-41-38-26-24-22-20-18-16-14-11-8-5-2/h7,10,15,17,21,23,27-28,30-31,33-34,61H,4-6,8-9,11-14,16,18-20,22,24-26,29,32,35-60H2,1-3H3/b10-7-,17-15-,23-21-,28-27-,31-30-,34-33-. The summed E-state index contributed by atoms with van der Waals surface area (Å²) in [6, 6.07) is 0. The van der Waals surface area contributed by atoms with E-state index in [2.05, 4.69) is 93.7 Å². The monoisotopic (exact) mass is 977 g/mol. The lowest BCUT2D eigenvalue weighted by molar-refractivity contribution is -0.167. The maximum Gasteiger partial charge on any atom is 0.306 e. The Morgan fingerprint density at radius 1 is 0.300 bits per heavy atom. The second-order valence-electron chi connectivity index (χ2n) is 19.9. The molecule has 0 radical (unpaired) electrons. The number of allylic oxidation sites excluding steroid dienone is 12. The molecule has 0 saturated heterocycles. The van der Waals surface area contributed by atoms with Crippen LogP contribution in [0.5, 0.6) is 0 Å². The van der Waals surface area contributed by atoms with Crippen LogP contribution in [0.3, 0.4) is 0 Å². The zero-order valence-corrected chi connectivity index (χ0v) is 46.3. The van der Waals surface area contributed by atoms with E-state index in [4.69, 9.17) is 14.2 Å². The van der Waals surface area contributed by atoms with Gasteiger partial charge >= 0.3 is 17.9 Å². The number of carbonyl (C=O) groups excluding carboxylic acids is 3. The number of carbonyl (C=O) groups is 3. The van der Waals surface area contributed by atoms with Crippen molar-refractivity contribution in [2.24, 2.45) is 0 Å². The van der Waals surface area contributed by atoms with Gasteiger partial charge in [0.1, 0.15) is 13.2 Å². The van der Waals surface area contributed by atoms with E-state index in [1.807, 2.05) is 0 Å². The first-order valence-corrected chi connectivity index (χ1v) is 29.9. The molecule has 6 heteroatoms. The first kappa shape index (κ1) is 66.9. The Labute approximate surface area is 433 Å². The predicted molar refractivity (Wildman–Crippen MR) is 302 cm³/mol. The fourth-order valence-electron chi connectivity index (χ4n) is 8.51. The maximum atomic E-state index is 12.8. The minimum absolute atomic E-state index is 0.0740. The highest BCUT2D eigenvalue weighted by molar-refractivity contribution is 5.71. The summed E-state index contributed by atoms with van der Waals surface area (Å²) in [6.45, 7) is 6.47. The third kappa shape index (κ3) is 55.8. The van der Waals surface area contributed by atoms with Crippen LogP contribution < -0.4 is 0 Å². The highest BCUT2D eigenvalue weighted by Crippen LogP contribution is 2.17. The van der Waals surface area contributed by atoms with Gasteiger partial charge in [-0.3, -0.25) is 14.4 Å². The van der Waals surface area contributed by atoms with Gasteiger partial charge in [-0.1, -0.05) is 280 Å². The Morgan fingerprint density at radius 2 is 0.557 bits per heavy atom. The van der Waals surface area contributed by atoms with E-state index in [0.717, 1.165) is 103 Å². The van der Waals surface area contributed by atoms with Gasteiger partial charge in [-0.25, -0.2) is 0 Å². The molecule has 0 N–H and O–H groups in total. The SMILES string of the molecule is CC/C=C\C/C=C\C/C=C\C/C=C\C/C=C\C/C=C\CCCCCCCCCCCCC(=O)OCC(COC(=O)CCCCCCC)OC(=O)CCCCCCCCCCCCCCCCCCCC. The molecule has 0 rings (SSSR count). The predicted octanol–water partition coefficient (Wildman–Crippen LogP) is 20.2. The van der Waals surface area contributed by atoms with Crippen molar-refractivity contribution in [1.29, 1.82) is 0 Å². The third-order valence-corrected chi connectivity index (χ3v) is 13.0. The van der Waals surface area contributed by atoms with Crippen molar-refractivity contribution in [2.75, 3.05) is 13.2 Å². The summed E-state index contributed by atoms with van der Waals surface area (Å²) in [5, 5.41) is 0. The van der Waals surface area contributed by atoms with Crippen molar-refractivity contribution in [1.82, 2.24) is 0 Å². The van der Waals surface area contributed by atoms with Crippen molar-refractivity contribution in [3.8, 4) is 0 Å². The maximum absolute atomic E-state index is 12.8. The van der Waals surface area contributed by atoms with Crippen molar-refractivity contribution >= 4 is 17.9 Å². The van der Waals surface area contributed by atoms with Gasteiger partial charge in [-0.2, -0.15) is 0 Å². The molecule has 0 aromatic carbocycles.